The van der Waals surface area contributed by atoms with Crippen LogP contribution in [0, 0.1) is 5.92 Å². The molecular formula is C18H21N3O2. The maximum absolute atomic E-state index is 12.2. The average Bonchev–Trinajstić information content (AvgIpc) is 3.05. The van der Waals surface area contributed by atoms with E-state index >= 15 is 0 Å². The third-order valence-corrected chi connectivity index (χ3v) is 4.27. The minimum Gasteiger partial charge on any atom is -0.391 e. The number of likely N-dealkylation sites (tertiary alicyclic amines) is 1. The van der Waals surface area contributed by atoms with E-state index in [0.29, 0.717) is 13.1 Å². The highest BCUT2D eigenvalue weighted by molar-refractivity contribution is 5.91. The van der Waals surface area contributed by atoms with Gasteiger partial charge in [0.25, 0.3) is 0 Å². The second-order valence-corrected chi connectivity index (χ2v) is 6.00. The summed E-state index contributed by atoms with van der Waals surface area (Å²) >= 11 is 0. The van der Waals surface area contributed by atoms with E-state index in [1.807, 2.05) is 43.5 Å². The van der Waals surface area contributed by atoms with Crippen molar-refractivity contribution < 1.29 is 9.90 Å². The van der Waals surface area contributed by atoms with Crippen LogP contribution in [-0.4, -0.2) is 44.9 Å². The van der Waals surface area contributed by atoms with Crippen LogP contribution in [0.3, 0.4) is 0 Å². The van der Waals surface area contributed by atoms with Crippen molar-refractivity contribution in [2.24, 2.45) is 5.92 Å². The zero-order valence-corrected chi connectivity index (χ0v) is 13.2. The lowest BCUT2D eigenvalue weighted by Gasteiger charge is -2.33. The Bertz CT molecular complexity index is 693. The third kappa shape index (κ3) is 3.68. The van der Waals surface area contributed by atoms with Crippen LogP contribution < -0.4 is 0 Å². The number of aliphatic hydroxyl groups excluding tert-OH is 1. The Hall–Kier alpha value is -2.40. The van der Waals surface area contributed by atoms with Crippen LogP contribution in [-0.2, 0) is 4.79 Å². The van der Waals surface area contributed by atoms with Gasteiger partial charge >= 0.3 is 0 Å². The van der Waals surface area contributed by atoms with Crippen LogP contribution in [0.2, 0.25) is 0 Å². The van der Waals surface area contributed by atoms with Gasteiger partial charge in [-0.2, -0.15) is 5.10 Å². The molecule has 3 rings (SSSR count). The van der Waals surface area contributed by atoms with Gasteiger partial charge in [-0.15, -0.1) is 0 Å². The fourth-order valence-corrected chi connectivity index (χ4v) is 2.67. The van der Waals surface area contributed by atoms with Crippen LogP contribution in [0.15, 0.2) is 48.8 Å². The van der Waals surface area contributed by atoms with Gasteiger partial charge in [-0.05, 0) is 30.5 Å². The number of carbonyl (C=O) groups is 1. The number of rotatable bonds is 3. The van der Waals surface area contributed by atoms with E-state index in [-0.39, 0.29) is 11.8 Å². The van der Waals surface area contributed by atoms with Gasteiger partial charge in [-0.25, -0.2) is 4.68 Å². The molecule has 2 aromatic rings. The summed E-state index contributed by atoms with van der Waals surface area (Å²) in [5.74, 6) is 0.190. The first kappa shape index (κ1) is 15.5. The molecule has 0 spiro atoms. The Balaban J connectivity index is 1.64. The number of β-amino-alcohol motifs (C(OH)–C–C–N with tert-alkyl or cyclic N) is 1. The number of piperidine rings is 1. The summed E-state index contributed by atoms with van der Waals surface area (Å²) in [5, 5.41) is 14.2. The number of nitrogens with zero attached hydrogens (tertiary/aromatic N) is 3. The van der Waals surface area contributed by atoms with Crippen molar-refractivity contribution in [3.05, 3.63) is 54.4 Å². The Morgan fingerprint density at radius 2 is 2.13 bits per heavy atom. The molecule has 0 aliphatic carbocycles. The van der Waals surface area contributed by atoms with E-state index in [1.165, 1.54) is 0 Å². The lowest BCUT2D eigenvalue weighted by Crippen LogP contribution is -2.45. The Morgan fingerprint density at radius 1 is 1.35 bits per heavy atom. The minimum atomic E-state index is -0.429. The molecule has 5 nitrogen and oxygen atoms in total. The largest absolute Gasteiger partial charge is 0.391 e. The van der Waals surface area contributed by atoms with Crippen molar-refractivity contribution in [2.75, 3.05) is 13.1 Å². The number of aromatic nitrogens is 2. The molecule has 23 heavy (non-hydrogen) atoms. The zero-order valence-electron chi connectivity index (χ0n) is 13.2. The molecule has 1 saturated heterocycles. The van der Waals surface area contributed by atoms with Crippen molar-refractivity contribution in [3.8, 4) is 5.69 Å². The molecule has 1 aromatic heterocycles. The van der Waals surface area contributed by atoms with Crippen LogP contribution in [0.5, 0.6) is 0 Å². The Labute approximate surface area is 135 Å². The number of aliphatic hydroxyl groups is 1. The first-order valence-corrected chi connectivity index (χ1v) is 7.88. The summed E-state index contributed by atoms with van der Waals surface area (Å²) in [7, 11) is 0. The van der Waals surface area contributed by atoms with E-state index in [0.717, 1.165) is 17.7 Å². The van der Waals surface area contributed by atoms with Crippen LogP contribution >= 0.6 is 0 Å². The third-order valence-electron chi connectivity index (χ3n) is 4.27. The summed E-state index contributed by atoms with van der Waals surface area (Å²) < 4.78 is 1.77. The number of hydrogen-bond acceptors (Lipinski definition) is 3. The van der Waals surface area contributed by atoms with Crippen LogP contribution in [0.1, 0.15) is 18.9 Å². The molecule has 0 saturated carbocycles. The fraction of sp³-hybridized carbons (Fsp3) is 0.333. The highest BCUT2D eigenvalue weighted by Crippen LogP contribution is 2.17. The number of carbonyl (C=O) groups excluding carboxylic acids is 1. The van der Waals surface area contributed by atoms with E-state index in [1.54, 1.807) is 27.9 Å². The molecule has 1 amide bonds. The second-order valence-electron chi connectivity index (χ2n) is 6.00. The second kappa shape index (κ2) is 6.79. The molecule has 0 radical (unpaired) electrons. The predicted molar refractivity (Wildman–Crippen MR) is 89.0 cm³/mol. The predicted octanol–water partition coefficient (Wildman–Crippen LogP) is 2.11. The topological polar surface area (TPSA) is 58.4 Å². The first-order chi connectivity index (χ1) is 11.1. The molecule has 0 bridgehead atoms. The van der Waals surface area contributed by atoms with Gasteiger partial charge in [0.15, 0.2) is 0 Å². The Kier molecular flexibility index (Phi) is 4.57. The molecule has 1 aliphatic rings. The quantitative estimate of drug-likeness (QED) is 0.883. The summed E-state index contributed by atoms with van der Waals surface area (Å²) in [6, 6.07) is 9.82. The summed E-state index contributed by atoms with van der Waals surface area (Å²) in [6.07, 6.45) is 7.33. The lowest BCUT2D eigenvalue weighted by molar-refractivity contribution is -0.130. The maximum Gasteiger partial charge on any atom is 0.246 e. The number of hydrogen-bond donors (Lipinski definition) is 1. The van der Waals surface area contributed by atoms with Crippen molar-refractivity contribution in [3.63, 3.8) is 0 Å². The lowest BCUT2D eigenvalue weighted by atomic mass is 9.96. The van der Waals surface area contributed by atoms with Gasteiger partial charge in [0.2, 0.25) is 5.91 Å². The monoisotopic (exact) mass is 311 g/mol. The molecule has 5 heteroatoms. The standard InChI is InChI=1S/C18H21N3O2/c1-14-9-10-20(13-17(14)22)18(23)8-7-15-11-19-21(12-15)16-5-3-2-4-6-16/h2-8,11-12,14,17,22H,9-10,13H2,1H3/b8-7+. The smallest absolute Gasteiger partial charge is 0.246 e. The van der Waals surface area contributed by atoms with Gasteiger partial charge in [-0.1, -0.05) is 25.1 Å². The average molecular weight is 311 g/mol. The number of benzene rings is 1. The molecule has 2 atom stereocenters. The maximum atomic E-state index is 12.2. The van der Waals surface area contributed by atoms with Crippen LogP contribution in [0.4, 0.5) is 0 Å². The molecule has 1 aromatic carbocycles. The van der Waals surface area contributed by atoms with E-state index in [4.69, 9.17) is 0 Å². The highest BCUT2D eigenvalue weighted by atomic mass is 16.3. The molecular weight excluding hydrogens is 290 g/mol. The molecule has 1 N–H and O–H groups in total. The molecule has 1 fully saturated rings. The van der Waals surface area contributed by atoms with E-state index in [9.17, 15) is 9.90 Å². The van der Waals surface area contributed by atoms with Gasteiger partial charge in [-0.3, -0.25) is 4.79 Å². The summed E-state index contributed by atoms with van der Waals surface area (Å²) in [4.78, 5) is 13.9. The molecule has 2 heterocycles. The van der Waals surface area contributed by atoms with Crippen LogP contribution in [0.25, 0.3) is 11.8 Å². The first-order valence-electron chi connectivity index (χ1n) is 7.88. The van der Waals surface area contributed by atoms with Gasteiger partial charge in [0.1, 0.15) is 0 Å². The van der Waals surface area contributed by atoms with Gasteiger partial charge < -0.3 is 10.0 Å². The SMILES string of the molecule is CC1CCN(C(=O)/C=C/c2cnn(-c3ccccc3)c2)CC1O. The zero-order chi connectivity index (χ0) is 16.2. The van der Waals surface area contributed by atoms with Crippen molar-refractivity contribution in [2.45, 2.75) is 19.4 Å². The number of para-hydroxylation sites is 1. The highest BCUT2D eigenvalue weighted by Gasteiger charge is 2.26. The van der Waals surface area contributed by atoms with Crippen molar-refractivity contribution in [1.82, 2.24) is 14.7 Å². The molecule has 1 aliphatic heterocycles. The fourth-order valence-electron chi connectivity index (χ4n) is 2.67. The van der Waals surface area contributed by atoms with E-state index < -0.39 is 6.10 Å². The number of amides is 1. The van der Waals surface area contributed by atoms with Gasteiger partial charge in [0.05, 0.1) is 18.0 Å². The van der Waals surface area contributed by atoms with Crippen molar-refractivity contribution in [1.29, 1.82) is 0 Å². The molecule has 120 valence electrons. The summed E-state index contributed by atoms with van der Waals surface area (Å²) in [6.45, 7) is 3.12. The minimum absolute atomic E-state index is 0.0663. The normalized spacial score (nSPS) is 21.7. The van der Waals surface area contributed by atoms with Crippen molar-refractivity contribution >= 4 is 12.0 Å². The summed E-state index contributed by atoms with van der Waals surface area (Å²) in [5.41, 5.74) is 1.85. The molecule has 2 unspecified atom stereocenters. The van der Waals surface area contributed by atoms with E-state index in [2.05, 4.69) is 5.10 Å². The van der Waals surface area contributed by atoms with Gasteiger partial charge in [0, 0.05) is 30.9 Å². The Morgan fingerprint density at radius 3 is 2.87 bits per heavy atom.